The Labute approximate surface area is 147 Å². The minimum absolute atomic E-state index is 0.799. The lowest BCUT2D eigenvalue weighted by Gasteiger charge is -2.26. The Morgan fingerprint density at radius 1 is 0.958 bits per heavy atom. The largest absolute Gasteiger partial charge is 0.306 e. The normalized spacial score (nSPS) is 18.4. The third-order valence-electron chi connectivity index (χ3n) is 5.06. The van der Waals surface area contributed by atoms with Gasteiger partial charge >= 0.3 is 0 Å². The maximum atomic E-state index is 2.63. The van der Waals surface area contributed by atoms with E-state index in [-0.39, 0.29) is 0 Å². The van der Waals surface area contributed by atoms with Gasteiger partial charge in [-0.15, -0.1) is 0 Å². The van der Waals surface area contributed by atoms with Crippen LogP contribution >= 0.6 is 0 Å². The molecule has 0 saturated carbocycles. The summed E-state index contributed by atoms with van der Waals surface area (Å²) in [7, 11) is 2.24. The molecule has 2 nitrogen and oxygen atoms in total. The van der Waals surface area contributed by atoms with Crippen LogP contribution in [0.4, 0.5) is 0 Å². The molecule has 1 aliphatic heterocycles. The van der Waals surface area contributed by atoms with E-state index in [4.69, 9.17) is 0 Å². The van der Waals surface area contributed by atoms with Gasteiger partial charge in [-0.1, -0.05) is 61.5 Å². The van der Waals surface area contributed by atoms with Gasteiger partial charge in [0.2, 0.25) is 0 Å². The first-order valence-electron chi connectivity index (χ1n) is 9.25. The summed E-state index contributed by atoms with van der Waals surface area (Å²) in [4.78, 5) is 5.09. The molecule has 128 valence electrons. The molecule has 0 aliphatic carbocycles. The predicted molar refractivity (Wildman–Crippen MR) is 102 cm³/mol. The molecule has 0 amide bonds. The molecule has 1 saturated heterocycles. The summed E-state index contributed by atoms with van der Waals surface area (Å²) in [5.74, 6) is 0.799. The smallest absolute Gasteiger partial charge is 0.0237 e. The van der Waals surface area contributed by atoms with E-state index in [1.165, 1.54) is 42.7 Å². The number of nitrogens with zero attached hydrogens (tertiary/aromatic N) is 2. The highest BCUT2D eigenvalue weighted by atomic mass is 15.2. The molecule has 1 atom stereocenters. The first kappa shape index (κ1) is 17.2. The summed E-state index contributed by atoms with van der Waals surface area (Å²) < 4.78 is 0. The third-order valence-corrected chi connectivity index (χ3v) is 5.06. The van der Waals surface area contributed by atoms with Crippen LogP contribution in [0.25, 0.3) is 0 Å². The van der Waals surface area contributed by atoms with Crippen molar-refractivity contribution in [3.8, 4) is 0 Å². The van der Waals surface area contributed by atoms with Crippen LogP contribution in [0, 0.1) is 5.92 Å². The zero-order valence-corrected chi connectivity index (χ0v) is 15.1. The van der Waals surface area contributed by atoms with Crippen molar-refractivity contribution in [2.45, 2.75) is 32.9 Å². The van der Waals surface area contributed by atoms with Crippen LogP contribution in [-0.2, 0) is 19.5 Å². The van der Waals surface area contributed by atoms with Gasteiger partial charge in [-0.2, -0.15) is 0 Å². The Hall–Kier alpha value is -1.64. The summed E-state index contributed by atoms with van der Waals surface area (Å²) in [5.41, 5.74) is 4.29. The van der Waals surface area contributed by atoms with Crippen molar-refractivity contribution >= 4 is 0 Å². The Kier molecular flexibility index (Phi) is 6.06. The van der Waals surface area contributed by atoms with E-state index in [9.17, 15) is 0 Å². The topological polar surface area (TPSA) is 6.48 Å². The van der Waals surface area contributed by atoms with Crippen molar-refractivity contribution in [1.82, 2.24) is 9.80 Å². The predicted octanol–water partition coefficient (Wildman–Crippen LogP) is 4.20. The average molecular weight is 322 g/mol. The van der Waals surface area contributed by atoms with E-state index < -0.39 is 0 Å². The SMILES string of the molecule is CCc1cccc(CN(Cc2ccccc2)C[C@H]2CCN(C)C2)c1. The zero-order chi connectivity index (χ0) is 16.8. The van der Waals surface area contributed by atoms with Gasteiger partial charge in [0.25, 0.3) is 0 Å². The Morgan fingerprint density at radius 3 is 2.38 bits per heavy atom. The third kappa shape index (κ3) is 4.93. The molecule has 0 radical (unpaired) electrons. The molecule has 0 N–H and O–H groups in total. The van der Waals surface area contributed by atoms with Crippen molar-refractivity contribution in [3.63, 3.8) is 0 Å². The summed E-state index contributed by atoms with van der Waals surface area (Å²) in [6.45, 7) is 7.99. The molecule has 1 heterocycles. The maximum absolute atomic E-state index is 2.63. The minimum Gasteiger partial charge on any atom is -0.306 e. The molecule has 1 fully saturated rings. The highest BCUT2D eigenvalue weighted by Gasteiger charge is 2.22. The molecule has 2 aromatic carbocycles. The molecular formula is C22H30N2. The minimum atomic E-state index is 0.799. The van der Waals surface area contributed by atoms with Crippen LogP contribution in [-0.4, -0.2) is 36.5 Å². The van der Waals surface area contributed by atoms with E-state index in [1.807, 2.05) is 0 Å². The fourth-order valence-corrected chi connectivity index (χ4v) is 3.77. The van der Waals surface area contributed by atoms with Gasteiger partial charge < -0.3 is 4.90 Å². The second-order valence-corrected chi connectivity index (χ2v) is 7.25. The summed E-state index contributed by atoms with van der Waals surface area (Å²) in [5, 5.41) is 0. The molecule has 0 spiro atoms. The molecule has 0 aromatic heterocycles. The maximum Gasteiger partial charge on any atom is 0.0237 e. The number of benzene rings is 2. The zero-order valence-electron chi connectivity index (χ0n) is 15.1. The van der Waals surface area contributed by atoms with Crippen LogP contribution in [0.1, 0.15) is 30.0 Å². The average Bonchev–Trinajstić information content (AvgIpc) is 3.01. The van der Waals surface area contributed by atoms with Gasteiger partial charge in [0.15, 0.2) is 0 Å². The monoisotopic (exact) mass is 322 g/mol. The van der Waals surface area contributed by atoms with E-state index in [0.29, 0.717) is 0 Å². The molecule has 24 heavy (non-hydrogen) atoms. The number of hydrogen-bond donors (Lipinski definition) is 0. The van der Waals surface area contributed by atoms with E-state index in [0.717, 1.165) is 25.4 Å². The molecular weight excluding hydrogens is 292 g/mol. The lowest BCUT2D eigenvalue weighted by atomic mass is 10.1. The van der Waals surface area contributed by atoms with Gasteiger partial charge in [0.1, 0.15) is 0 Å². The van der Waals surface area contributed by atoms with Gasteiger partial charge in [-0.05, 0) is 49.0 Å². The lowest BCUT2D eigenvalue weighted by molar-refractivity contribution is 0.214. The van der Waals surface area contributed by atoms with Crippen LogP contribution in [0.2, 0.25) is 0 Å². The fraction of sp³-hybridized carbons (Fsp3) is 0.455. The van der Waals surface area contributed by atoms with Crippen LogP contribution < -0.4 is 0 Å². The Morgan fingerprint density at radius 2 is 1.67 bits per heavy atom. The number of aryl methyl sites for hydroxylation is 1. The lowest BCUT2D eigenvalue weighted by Crippen LogP contribution is -2.30. The van der Waals surface area contributed by atoms with E-state index in [2.05, 4.69) is 78.4 Å². The highest BCUT2D eigenvalue weighted by molar-refractivity contribution is 5.23. The van der Waals surface area contributed by atoms with E-state index >= 15 is 0 Å². The summed E-state index contributed by atoms with van der Waals surface area (Å²) in [6.07, 6.45) is 2.44. The molecule has 0 unspecified atom stereocenters. The van der Waals surface area contributed by atoms with Crippen molar-refractivity contribution in [3.05, 3.63) is 71.3 Å². The Balaban J connectivity index is 1.70. The molecule has 3 rings (SSSR count). The molecule has 2 heteroatoms. The summed E-state index contributed by atoms with van der Waals surface area (Å²) in [6, 6.07) is 20.0. The van der Waals surface area contributed by atoms with Gasteiger partial charge in [-0.25, -0.2) is 0 Å². The molecule has 0 bridgehead atoms. The van der Waals surface area contributed by atoms with Crippen molar-refractivity contribution < 1.29 is 0 Å². The second-order valence-electron chi connectivity index (χ2n) is 7.25. The fourth-order valence-electron chi connectivity index (χ4n) is 3.77. The van der Waals surface area contributed by atoms with Crippen molar-refractivity contribution in [2.24, 2.45) is 5.92 Å². The molecule has 2 aromatic rings. The Bertz CT molecular complexity index is 623. The first-order chi connectivity index (χ1) is 11.7. The van der Waals surface area contributed by atoms with Crippen LogP contribution in [0.5, 0.6) is 0 Å². The standard InChI is InChI=1S/C22H30N2/c1-3-19-10-7-11-21(14-19)17-24(16-20-8-5-4-6-9-20)18-22-12-13-23(2)15-22/h4-11,14,22H,3,12-13,15-18H2,1-2H3/t22-/m0/s1. The van der Waals surface area contributed by atoms with Crippen LogP contribution in [0.3, 0.4) is 0 Å². The van der Waals surface area contributed by atoms with Gasteiger partial charge in [0.05, 0.1) is 0 Å². The summed E-state index contributed by atoms with van der Waals surface area (Å²) >= 11 is 0. The number of rotatable bonds is 7. The molecule has 1 aliphatic rings. The van der Waals surface area contributed by atoms with Crippen molar-refractivity contribution in [1.29, 1.82) is 0 Å². The van der Waals surface area contributed by atoms with Crippen LogP contribution in [0.15, 0.2) is 54.6 Å². The highest BCUT2D eigenvalue weighted by Crippen LogP contribution is 2.19. The van der Waals surface area contributed by atoms with Gasteiger partial charge in [0, 0.05) is 26.2 Å². The van der Waals surface area contributed by atoms with Crippen molar-refractivity contribution in [2.75, 3.05) is 26.7 Å². The van der Waals surface area contributed by atoms with E-state index in [1.54, 1.807) is 0 Å². The quantitative estimate of drug-likeness (QED) is 0.754. The van der Waals surface area contributed by atoms with Gasteiger partial charge in [-0.3, -0.25) is 4.90 Å². The number of hydrogen-bond acceptors (Lipinski definition) is 2. The number of likely N-dealkylation sites (tertiary alicyclic amines) is 1. The first-order valence-corrected chi connectivity index (χ1v) is 9.25. The second kappa shape index (κ2) is 8.46.